The zero-order chi connectivity index (χ0) is 19.9. The number of amides is 1. The average molecular weight is 377 g/mol. The van der Waals surface area contributed by atoms with E-state index in [-0.39, 0.29) is 18.4 Å². The first-order valence-electron chi connectivity index (χ1n) is 9.09. The van der Waals surface area contributed by atoms with Gasteiger partial charge in [0.15, 0.2) is 0 Å². The van der Waals surface area contributed by atoms with Gasteiger partial charge < -0.3 is 14.2 Å². The molecule has 1 atom stereocenters. The summed E-state index contributed by atoms with van der Waals surface area (Å²) in [5.74, 6) is -0.931. The van der Waals surface area contributed by atoms with Crippen molar-refractivity contribution in [2.75, 3.05) is 13.7 Å². The molecule has 28 heavy (non-hydrogen) atoms. The molecule has 1 unspecified atom stereocenters. The summed E-state index contributed by atoms with van der Waals surface area (Å²) in [5, 5.41) is 0. The molecule has 1 amide bonds. The number of ether oxygens (including phenoxy) is 1. The molecule has 3 aromatic rings. The molecule has 0 saturated carbocycles. The van der Waals surface area contributed by atoms with Crippen molar-refractivity contribution >= 4 is 11.9 Å². The van der Waals surface area contributed by atoms with Gasteiger partial charge in [-0.15, -0.1) is 0 Å². The Bertz CT molecular complexity index is 906. The molecule has 0 fully saturated rings. The number of hydrogen-bond donors (Lipinski definition) is 0. The van der Waals surface area contributed by atoms with E-state index in [1.165, 1.54) is 7.11 Å². The number of pyridine rings is 1. The van der Waals surface area contributed by atoms with Crippen molar-refractivity contribution in [3.8, 4) is 5.69 Å². The number of aromatic nitrogens is 2. The Kier molecular flexibility index (Phi) is 6.22. The smallest absolute Gasteiger partial charge is 0.310 e. The maximum absolute atomic E-state index is 13.1. The summed E-state index contributed by atoms with van der Waals surface area (Å²) in [4.78, 5) is 30.9. The van der Waals surface area contributed by atoms with Crippen LogP contribution in [0.25, 0.3) is 5.69 Å². The van der Waals surface area contributed by atoms with Crippen LogP contribution < -0.4 is 0 Å². The molecular formula is C22H23N3O3. The van der Waals surface area contributed by atoms with Crippen LogP contribution in [0.4, 0.5) is 0 Å². The molecule has 2 heterocycles. The summed E-state index contributed by atoms with van der Waals surface area (Å²) in [6, 6.07) is 16.8. The lowest BCUT2D eigenvalue weighted by Crippen LogP contribution is -2.37. The fourth-order valence-electron chi connectivity index (χ4n) is 2.98. The molecular weight excluding hydrogens is 354 g/mol. The Hall–Kier alpha value is -3.41. The Balaban J connectivity index is 1.81. The summed E-state index contributed by atoms with van der Waals surface area (Å²) in [5.41, 5.74) is 2.29. The Morgan fingerprint density at radius 1 is 1.07 bits per heavy atom. The number of hydrogen-bond acceptors (Lipinski definition) is 4. The van der Waals surface area contributed by atoms with Crippen LogP contribution in [0.1, 0.15) is 23.0 Å². The summed E-state index contributed by atoms with van der Waals surface area (Å²) in [6.45, 7) is 2.32. The predicted molar refractivity (Wildman–Crippen MR) is 106 cm³/mol. The molecule has 6 heteroatoms. The van der Waals surface area contributed by atoms with Crippen molar-refractivity contribution in [2.45, 2.75) is 13.5 Å². The minimum absolute atomic E-state index is 0.152. The number of benzene rings is 1. The molecule has 144 valence electrons. The fourth-order valence-corrected chi connectivity index (χ4v) is 2.98. The number of carbonyl (C=O) groups excluding carboxylic acids is 2. The van der Waals surface area contributed by atoms with Crippen LogP contribution in [0.2, 0.25) is 0 Å². The van der Waals surface area contributed by atoms with Crippen molar-refractivity contribution in [2.24, 2.45) is 5.92 Å². The maximum Gasteiger partial charge on any atom is 0.310 e. The maximum atomic E-state index is 13.1. The standard InChI is InChI=1S/C22H23N3O3/c1-17(22(27)28-2)15-25(16-19-7-3-4-12-23-19)21(26)18-8-10-20(11-9-18)24-13-5-6-14-24/h3-14,17H,15-16H2,1-2H3. The highest BCUT2D eigenvalue weighted by Crippen LogP contribution is 2.15. The first kappa shape index (κ1) is 19.4. The molecule has 2 aromatic heterocycles. The van der Waals surface area contributed by atoms with E-state index in [9.17, 15) is 9.59 Å². The van der Waals surface area contributed by atoms with Crippen molar-refractivity contribution in [3.05, 3.63) is 84.4 Å². The zero-order valence-corrected chi connectivity index (χ0v) is 16.0. The van der Waals surface area contributed by atoms with Crippen LogP contribution in [0.3, 0.4) is 0 Å². The van der Waals surface area contributed by atoms with Crippen LogP contribution in [0.5, 0.6) is 0 Å². The second kappa shape index (κ2) is 8.99. The monoisotopic (exact) mass is 377 g/mol. The zero-order valence-electron chi connectivity index (χ0n) is 16.0. The van der Waals surface area contributed by atoms with E-state index >= 15 is 0 Å². The summed E-state index contributed by atoms with van der Waals surface area (Å²) in [6.07, 6.45) is 5.58. The largest absolute Gasteiger partial charge is 0.469 e. The highest BCUT2D eigenvalue weighted by atomic mass is 16.5. The lowest BCUT2D eigenvalue weighted by molar-refractivity contribution is -0.145. The van der Waals surface area contributed by atoms with Gasteiger partial charge in [-0.25, -0.2) is 0 Å². The third kappa shape index (κ3) is 4.65. The van der Waals surface area contributed by atoms with Crippen molar-refractivity contribution in [1.29, 1.82) is 0 Å². The van der Waals surface area contributed by atoms with Crippen LogP contribution in [-0.4, -0.2) is 40.0 Å². The highest BCUT2D eigenvalue weighted by molar-refractivity contribution is 5.94. The van der Waals surface area contributed by atoms with Crippen LogP contribution in [-0.2, 0) is 16.1 Å². The first-order chi connectivity index (χ1) is 13.6. The number of carbonyl (C=O) groups is 2. The van der Waals surface area contributed by atoms with Gasteiger partial charge in [0, 0.05) is 36.4 Å². The van der Waals surface area contributed by atoms with Gasteiger partial charge in [-0.05, 0) is 48.5 Å². The van der Waals surface area contributed by atoms with Crippen LogP contribution in [0.15, 0.2) is 73.2 Å². The second-order valence-corrected chi connectivity index (χ2v) is 6.57. The molecule has 1 aromatic carbocycles. The number of esters is 1. The quantitative estimate of drug-likeness (QED) is 0.593. The molecule has 3 rings (SSSR count). The third-order valence-electron chi connectivity index (χ3n) is 4.48. The second-order valence-electron chi connectivity index (χ2n) is 6.57. The molecule has 0 saturated heterocycles. The Morgan fingerprint density at radius 3 is 2.39 bits per heavy atom. The van der Waals surface area contributed by atoms with Gasteiger partial charge in [-0.2, -0.15) is 0 Å². The van der Waals surface area contributed by atoms with Gasteiger partial charge in [0.1, 0.15) is 0 Å². The van der Waals surface area contributed by atoms with E-state index in [4.69, 9.17) is 4.74 Å². The average Bonchev–Trinajstić information content (AvgIpc) is 3.28. The first-order valence-corrected chi connectivity index (χ1v) is 9.09. The van der Waals surface area contributed by atoms with E-state index in [1.54, 1.807) is 30.2 Å². The molecule has 0 aliphatic rings. The van der Waals surface area contributed by atoms with Crippen molar-refractivity contribution in [1.82, 2.24) is 14.5 Å². The van der Waals surface area contributed by atoms with E-state index in [2.05, 4.69) is 4.98 Å². The van der Waals surface area contributed by atoms with Gasteiger partial charge in [0.05, 0.1) is 25.3 Å². The SMILES string of the molecule is COC(=O)C(C)CN(Cc1ccccn1)C(=O)c1ccc(-n2cccc2)cc1. The normalized spacial score (nSPS) is 11.6. The summed E-state index contributed by atoms with van der Waals surface area (Å²) < 4.78 is 6.78. The summed E-state index contributed by atoms with van der Waals surface area (Å²) in [7, 11) is 1.35. The van der Waals surface area contributed by atoms with E-state index in [1.807, 2.05) is 59.4 Å². The lowest BCUT2D eigenvalue weighted by atomic mass is 10.1. The molecule has 0 spiro atoms. The van der Waals surface area contributed by atoms with Gasteiger partial charge >= 0.3 is 5.97 Å². The molecule has 0 aliphatic carbocycles. The number of rotatable bonds is 7. The number of nitrogens with zero attached hydrogens (tertiary/aromatic N) is 3. The molecule has 0 N–H and O–H groups in total. The lowest BCUT2D eigenvalue weighted by Gasteiger charge is -2.25. The molecule has 0 bridgehead atoms. The minimum atomic E-state index is -0.434. The summed E-state index contributed by atoms with van der Waals surface area (Å²) >= 11 is 0. The van der Waals surface area contributed by atoms with Gasteiger partial charge in [-0.1, -0.05) is 13.0 Å². The van der Waals surface area contributed by atoms with Crippen LogP contribution >= 0.6 is 0 Å². The molecule has 6 nitrogen and oxygen atoms in total. The molecule has 0 aliphatic heterocycles. The van der Waals surface area contributed by atoms with E-state index in [0.717, 1.165) is 11.4 Å². The minimum Gasteiger partial charge on any atom is -0.469 e. The van der Waals surface area contributed by atoms with E-state index in [0.29, 0.717) is 12.1 Å². The topological polar surface area (TPSA) is 64.4 Å². The van der Waals surface area contributed by atoms with Gasteiger partial charge in [0.25, 0.3) is 5.91 Å². The highest BCUT2D eigenvalue weighted by Gasteiger charge is 2.23. The Morgan fingerprint density at radius 2 is 1.79 bits per heavy atom. The predicted octanol–water partition coefficient (Wildman–Crippen LogP) is 3.32. The van der Waals surface area contributed by atoms with Crippen LogP contribution in [0, 0.1) is 5.92 Å². The van der Waals surface area contributed by atoms with E-state index < -0.39 is 5.92 Å². The number of methoxy groups -OCH3 is 1. The van der Waals surface area contributed by atoms with Crippen molar-refractivity contribution < 1.29 is 14.3 Å². The van der Waals surface area contributed by atoms with Gasteiger partial charge in [0.2, 0.25) is 0 Å². The van der Waals surface area contributed by atoms with Crippen molar-refractivity contribution in [3.63, 3.8) is 0 Å². The molecule has 0 radical (unpaired) electrons. The van der Waals surface area contributed by atoms with Gasteiger partial charge in [-0.3, -0.25) is 14.6 Å². The fraction of sp³-hybridized carbons (Fsp3) is 0.227. The third-order valence-corrected chi connectivity index (χ3v) is 4.48. The Labute approximate surface area is 164 Å².